The summed E-state index contributed by atoms with van der Waals surface area (Å²) in [5.74, 6) is 0.318. The van der Waals surface area contributed by atoms with Crippen LogP contribution in [0.4, 0.5) is 0 Å². The molecular formula is C18H28N2O. The van der Waals surface area contributed by atoms with Gasteiger partial charge >= 0.3 is 0 Å². The maximum absolute atomic E-state index is 12.3. The Kier molecular flexibility index (Phi) is 6.24. The first-order valence-electron chi connectivity index (χ1n) is 8.27. The zero-order valence-corrected chi connectivity index (χ0v) is 13.4. The molecule has 3 nitrogen and oxygen atoms in total. The number of piperidine rings is 1. The predicted molar refractivity (Wildman–Crippen MR) is 87.1 cm³/mol. The van der Waals surface area contributed by atoms with E-state index >= 15 is 0 Å². The Morgan fingerprint density at radius 2 is 2.14 bits per heavy atom. The fourth-order valence-electron chi connectivity index (χ4n) is 3.12. The number of nitrogens with zero attached hydrogens (tertiary/aromatic N) is 1. The fraction of sp³-hybridized carbons (Fsp3) is 0.611. The molecule has 1 aliphatic heterocycles. The van der Waals surface area contributed by atoms with E-state index < -0.39 is 0 Å². The van der Waals surface area contributed by atoms with Crippen molar-refractivity contribution in [3.8, 4) is 0 Å². The molecule has 0 radical (unpaired) electrons. The van der Waals surface area contributed by atoms with Gasteiger partial charge in [0.25, 0.3) is 0 Å². The summed E-state index contributed by atoms with van der Waals surface area (Å²) in [7, 11) is 0. The number of hydrogen-bond acceptors (Lipinski definition) is 2. The van der Waals surface area contributed by atoms with E-state index in [1.165, 1.54) is 30.4 Å². The maximum Gasteiger partial charge on any atom is 0.224 e. The van der Waals surface area contributed by atoms with Crippen LogP contribution >= 0.6 is 0 Å². The molecule has 21 heavy (non-hydrogen) atoms. The molecule has 1 saturated heterocycles. The average Bonchev–Trinajstić information content (AvgIpc) is 2.52. The molecule has 0 aromatic heterocycles. The predicted octanol–water partition coefficient (Wildman–Crippen LogP) is 3.27. The van der Waals surface area contributed by atoms with Gasteiger partial charge in [-0.15, -0.1) is 0 Å². The number of nitrogens with one attached hydrogen (secondary N) is 1. The third kappa shape index (κ3) is 4.57. The molecule has 0 spiro atoms. The van der Waals surface area contributed by atoms with Gasteiger partial charge in [-0.05, 0) is 43.7 Å². The Labute approximate surface area is 128 Å². The number of carbonyl (C=O) groups excluding carboxylic acids is 1. The van der Waals surface area contributed by atoms with Crippen molar-refractivity contribution >= 4 is 5.91 Å². The molecule has 1 atom stereocenters. The second kappa shape index (κ2) is 8.18. The molecule has 0 aliphatic carbocycles. The molecule has 1 N–H and O–H groups in total. The van der Waals surface area contributed by atoms with Gasteiger partial charge in [-0.25, -0.2) is 0 Å². The van der Waals surface area contributed by atoms with Crippen molar-refractivity contribution in [2.45, 2.75) is 58.5 Å². The van der Waals surface area contributed by atoms with Gasteiger partial charge < -0.3 is 10.2 Å². The van der Waals surface area contributed by atoms with Crippen LogP contribution < -0.4 is 5.32 Å². The molecular weight excluding hydrogens is 260 g/mol. The first-order valence-corrected chi connectivity index (χ1v) is 8.27. The van der Waals surface area contributed by atoms with Crippen molar-refractivity contribution in [1.29, 1.82) is 0 Å². The maximum atomic E-state index is 12.3. The number of likely N-dealkylation sites (tertiary alicyclic amines) is 1. The minimum absolute atomic E-state index is 0.318. The number of hydrogen-bond donors (Lipinski definition) is 1. The lowest BCUT2D eigenvalue weighted by Crippen LogP contribution is -2.44. The summed E-state index contributed by atoms with van der Waals surface area (Å²) in [5, 5.41) is 3.40. The first-order chi connectivity index (χ1) is 10.2. The van der Waals surface area contributed by atoms with Crippen LogP contribution in [-0.2, 0) is 11.3 Å². The standard InChI is InChI=1S/C18H28N2O/c1-3-17-10-6-7-13-20(17)18(21)11-12-19-14-16-9-5-4-8-15(16)2/h4-5,8-9,17,19H,3,6-7,10-14H2,1-2H3. The Morgan fingerprint density at radius 1 is 1.33 bits per heavy atom. The van der Waals surface area contributed by atoms with E-state index in [1.807, 2.05) is 0 Å². The van der Waals surface area contributed by atoms with Gasteiger partial charge in [-0.1, -0.05) is 31.2 Å². The van der Waals surface area contributed by atoms with Gasteiger partial charge in [0.15, 0.2) is 0 Å². The normalized spacial score (nSPS) is 18.8. The van der Waals surface area contributed by atoms with Crippen LogP contribution in [0, 0.1) is 6.92 Å². The summed E-state index contributed by atoms with van der Waals surface area (Å²) in [6, 6.07) is 8.87. The highest BCUT2D eigenvalue weighted by atomic mass is 16.2. The van der Waals surface area contributed by atoms with E-state index in [4.69, 9.17) is 0 Å². The van der Waals surface area contributed by atoms with Crippen molar-refractivity contribution < 1.29 is 4.79 Å². The Hall–Kier alpha value is -1.35. The molecule has 1 unspecified atom stereocenters. The second-order valence-corrected chi connectivity index (χ2v) is 6.00. The van der Waals surface area contributed by atoms with Crippen molar-refractivity contribution in [2.75, 3.05) is 13.1 Å². The van der Waals surface area contributed by atoms with Gasteiger partial charge in [0.2, 0.25) is 5.91 Å². The van der Waals surface area contributed by atoms with Crippen molar-refractivity contribution in [1.82, 2.24) is 10.2 Å². The largest absolute Gasteiger partial charge is 0.340 e. The van der Waals surface area contributed by atoms with Crippen LogP contribution in [0.25, 0.3) is 0 Å². The summed E-state index contributed by atoms with van der Waals surface area (Å²) < 4.78 is 0. The smallest absolute Gasteiger partial charge is 0.224 e. The lowest BCUT2D eigenvalue weighted by Gasteiger charge is -2.35. The highest BCUT2D eigenvalue weighted by molar-refractivity contribution is 5.76. The van der Waals surface area contributed by atoms with Crippen molar-refractivity contribution in [3.63, 3.8) is 0 Å². The minimum atomic E-state index is 0.318. The number of carbonyl (C=O) groups is 1. The van der Waals surface area contributed by atoms with Crippen molar-refractivity contribution in [3.05, 3.63) is 35.4 Å². The van der Waals surface area contributed by atoms with Crippen LogP contribution in [0.2, 0.25) is 0 Å². The lowest BCUT2D eigenvalue weighted by atomic mass is 9.99. The fourth-order valence-corrected chi connectivity index (χ4v) is 3.12. The van der Waals surface area contributed by atoms with E-state index in [9.17, 15) is 4.79 Å². The monoisotopic (exact) mass is 288 g/mol. The number of rotatable bonds is 6. The van der Waals surface area contributed by atoms with Gasteiger partial charge in [-0.3, -0.25) is 4.79 Å². The molecule has 1 aromatic rings. The van der Waals surface area contributed by atoms with E-state index in [1.54, 1.807) is 0 Å². The molecule has 0 saturated carbocycles. The zero-order valence-electron chi connectivity index (χ0n) is 13.4. The SMILES string of the molecule is CCC1CCCCN1C(=O)CCNCc1ccccc1C. The van der Waals surface area contributed by atoms with E-state index in [2.05, 4.69) is 48.3 Å². The molecule has 2 rings (SSSR count). The van der Waals surface area contributed by atoms with Crippen LogP contribution in [0.15, 0.2) is 24.3 Å². The number of amides is 1. The summed E-state index contributed by atoms with van der Waals surface area (Å²) in [4.78, 5) is 14.4. The van der Waals surface area contributed by atoms with Crippen LogP contribution in [0.3, 0.4) is 0 Å². The van der Waals surface area contributed by atoms with Gasteiger partial charge in [-0.2, -0.15) is 0 Å². The molecule has 1 heterocycles. The van der Waals surface area contributed by atoms with E-state index in [0.29, 0.717) is 18.4 Å². The first kappa shape index (κ1) is 16.0. The molecule has 116 valence electrons. The second-order valence-electron chi connectivity index (χ2n) is 6.00. The topological polar surface area (TPSA) is 32.3 Å². The summed E-state index contributed by atoms with van der Waals surface area (Å²) in [6.07, 6.45) is 5.32. The minimum Gasteiger partial charge on any atom is -0.340 e. The summed E-state index contributed by atoms with van der Waals surface area (Å²) >= 11 is 0. The zero-order chi connectivity index (χ0) is 15.1. The number of benzene rings is 1. The molecule has 1 fully saturated rings. The highest BCUT2D eigenvalue weighted by Crippen LogP contribution is 2.20. The third-order valence-corrected chi connectivity index (χ3v) is 4.51. The van der Waals surface area contributed by atoms with Crippen LogP contribution in [0.1, 0.15) is 50.2 Å². The molecule has 1 amide bonds. The Morgan fingerprint density at radius 3 is 2.90 bits per heavy atom. The Bertz CT molecular complexity index is 458. The lowest BCUT2D eigenvalue weighted by molar-refractivity contribution is -0.134. The average molecular weight is 288 g/mol. The van der Waals surface area contributed by atoms with E-state index in [-0.39, 0.29) is 0 Å². The van der Waals surface area contributed by atoms with Gasteiger partial charge in [0.1, 0.15) is 0 Å². The van der Waals surface area contributed by atoms with Gasteiger partial charge in [0, 0.05) is 32.1 Å². The van der Waals surface area contributed by atoms with Crippen LogP contribution in [0.5, 0.6) is 0 Å². The molecule has 1 aliphatic rings. The highest BCUT2D eigenvalue weighted by Gasteiger charge is 2.24. The third-order valence-electron chi connectivity index (χ3n) is 4.51. The van der Waals surface area contributed by atoms with Crippen LogP contribution in [-0.4, -0.2) is 29.9 Å². The summed E-state index contributed by atoms with van der Waals surface area (Å²) in [5.41, 5.74) is 2.62. The molecule has 1 aromatic carbocycles. The number of aryl methyl sites for hydroxylation is 1. The Balaban J connectivity index is 1.73. The summed E-state index contributed by atoms with van der Waals surface area (Å²) in [6.45, 7) is 6.88. The quantitative estimate of drug-likeness (QED) is 0.815. The molecule has 3 heteroatoms. The van der Waals surface area contributed by atoms with E-state index in [0.717, 1.165) is 26.1 Å². The van der Waals surface area contributed by atoms with Crippen molar-refractivity contribution in [2.24, 2.45) is 0 Å². The molecule has 0 bridgehead atoms. The van der Waals surface area contributed by atoms with Gasteiger partial charge in [0.05, 0.1) is 0 Å².